The predicted molar refractivity (Wildman–Crippen MR) is 282 cm³/mol. The molecular weight excluding hydrogens is 967 g/mol. The molecule has 9 rings (SSSR count). The Bertz CT molecular complexity index is 2910. The molecule has 3 fully saturated rings. The number of aromatic nitrogens is 3. The molecule has 3 amide bonds. The number of benzene rings is 4. The molecule has 3 saturated heterocycles. The molecule has 17 heteroatoms. The lowest BCUT2D eigenvalue weighted by atomic mass is 9.80. The van der Waals surface area contributed by atoms with E-state index in [1.807, 2.05) is 53.6 Å². The third-order valence-electron chi connectivity index (χ3n) is 15.7. The maximum atomic E-state index is 13.8. The summed E-state index contributed by atoms with van der Waals surface area (Å²) in [5, 5.41) is 4.96. The number of hydrogen-bond acceptors (Lipinski definition) is 9. The SMILES string of the molecule is NC1(C(=O)CC[C@@H](CCN2CCN(C(=O)CCCCCNC(=O)c3ccc(C4CCN(C(=O)c5cccc6c(C(F)(F)F)cccc56)CC4)cc3)CC2)c2ccc(Cl)cc2)CCN(c2ncnc3[nH]ccc23)CC1. The van der Waals surface area contributed by atoms with E-state index in [1.54, 1.807) is 23.4 Å². The van der Waals surface area contributed by atoms with E-state index in [1.165, 1.54) is 18.2 Å². The van der Waals surface area contributed by atoms with Gasteiger partial charge in [-0.05, 0) is 134 Å². The van der Waals surface area contributed by atoms with Gasteiger partial charge in [0.2, 0.25) is 5.91 Å². The van der Waals surface area contributed by atoms with Crippen molar-refractivity contribution in [2.45, 2.75) is 94.2 Å². The van der Waals surface area contributed by atoms with Crippen LogP contribution in [0, 0.1) is 0 Å². The summed E-state index contributed by atoms with van der Waals surface area (Å²) in [4.78, 5) is 73.8. The highest BCUT2D eigenvalue weighted by molar-refractivity contribution is 6.30. The number of rotatable bonds is 18. The van der Waals surface area contributed by atoms with E-state index >= 15 is 0 Å². The van der Waals surface area contributed by atoms with Crippen LogP contribution in [0.2, 0.25) is 5.02 Å². The van der Waals surface area contributed by atoms with Crippen LogP contribution in [0.4, 0.5) is 19.0 Å². The zero-order valence-corrected chi connectivity index (χ0v) is 42.5. The molecule has 3 aliphatic rings. The first-order chi connectivity index (χ1) is 35.7. The molecule has 74 heavy (non-hydrogen) atoms. The summed E-state index contributed by atoms with van der Waals surface area (Å²) in [6, 6.07) is 25.9. The monoisotopic (exact) mass is 1030 g/mol. The number of nitrogens with two attached hydrogens (primary N) is 1. The third-order valence-corrected chi connectivity index (χ3v) is 15.9. The molecule has 0 radical (unpaired) electrons. The highest BCUT2D eigenvalue weighted by atomic mass is 35.5. The van der Waals surface area contributed by atoms with Gasteiger partial charge < -0.3 is 30.7 Å². The number of halogens is 4. The molecule has 3 aliphatic heterocycles. The molecule has 4 N–H and O–H groups in total. The Hall–Kier alpha value is -6.36. The molecule has 13 nitrogen and oxygen atoms in total. The van der Waals surface area contributed by atoms with E-state index in [9.17, 15) is 32.3 Å². The van der Waals surface area contributed by atoms with E-state index in [0.717, 1.165) is 79.4 Å². The van der Waals surface area contributed by atoms with E-state index in [4.69, 9.17) is 17.3 Å². The average molecular weight is 1030 g/mol. The lowest BCUT2D eigenvalue weighted by Crippen LogP contribution is -2.56. The molecule has 0 saturated carbocycles. The number of amides is 3. The molecule has 0 spiro atoms. The molecule has 4 aromatic carbocycles. The van der Waals surface area contributed by atoms with Gasteiger partial charge in [0, 0.05) is 94.1 Å². The van der Waals surface area contributed by atoms with Crippen LogP contribution in [0.3, 0.4) is 0 Å². The van der Waals surface area contributed by atoms with Gasteiger partial charge in [0.15, 0.2) is 5.78 Å². The number of anilines is 1. The number of nitrogens with one attached hydrogen (secondary N) is 2. The molecule has 0 bridgehead atoms. The third kappa shape index (κ3) is 12.4. The quantitative estimate of drug-likeness (QED) is 0.0713. The summed E-state index contributed by atoms with van der Waals surface area (Å²) >= 11 is 6.27. The Kier molecular flexibility index (Phi) is 16.6. The lowest BCUT2D eigenvalue weighted by molar-refractivity contribution is -0.136. The number of H-pyrrole nitrogens is 1. The van der Waals surface area contributed by atoms with Crippen LogP contribution >= 0.6 is 11.6 Å². The zero-order valence-electron chi connectivity index (χ0n) is 41.7. The van der Waals surface area contributed by atoms with E-state index in [-0.39, 0.29) is 46.3 Å². The van der Waals surface area contributed by atoms with Gasteiger partial charge in [-0.15, -0.1) is 0 Å². The summed E-state index contributed by atoms with van der Waals surface area (Å²) in [5.74, 6) is 1.05. The Morgan fingerprint density at radius 2 is 1.47 bits per heavy atom. The minimum absolute atomic E-state index is 0.0183. The molecule has 1 atom stereocenters. The van der Waals surface area contributed by atoms with Gasteiger partial charge in [-0.25, -0.2) is 9.97 Å². The number of unbranched alkanes of at least 4 members (excludes halogenated alkanes) is 2. The number of ketones is 1. The molecule has 0 unspecified atom stereocenters. The highest BCUT2D eigenvalue weighted by Crippen LogP contribution is 2.37. The normalized spacial score (nSPS) is 17.2. The second-order valence-corrected chi connectivity index (χ2v) is 20.7. The van der Waals surface area contributed by atoms with Gasteiger partial charge in [0.25, 0.3) is 11.8 Å². The summed E-state index contributed by atoms with van der Waals surface area (Å²) in [6.45, 7) is 6.56. The van der Waals surface area contributed by atoms with Crippen LogP contribution in [0.1, 0.15) is 120 Å². The number of Topliss-reactive ketones (excluding diaryl/α,β-unsaturated/α-hetero) is 1. The largest absolute Gasteiger partial charge is 0.417 e. The molecule has 390 valence electrons. The van der Waals surface area contributed by atoms with Crippen molar-refractivity contribution in [2.24, 2.45) is 5.73 Å². The standard InChI is InChI=1S/C57H65ClF3N9O4/c58-44-18-15-40(16-19-44)41(17-20-50(71)56(62)25-32-69(33-26-56)53-48-21-28-63-52(48)65-38-66-53)22-29-67-34-36-68(37-35-67)51(72)10-2-1-3-27-64-54(73)43-13-11-39(12-14-43)42-23-30-70(31-24-42)55(74)47-8-4-7-46-45(47)6-5-9-49(46)57(59,60)61/h4-9,11-16,18-19,21,28,38,41-42H,1-3,10,17,20,22-27,29-37,62H2,(H,64,73)(H,63,65,66)/t41-/m0/s1. The number of carbonyl (C=O) groups excluding carboxylic acids is 4. The van der Waals surface area contributed by atoms with Crippen molar-refractivity contribution in [1.29, 1.82) is 0 Å². The van der Waals surface area contributed by atoms with Crippen LogP contribution in [0.25, 0.3) is 21.8 Å². The van der Waals surface area contributed by atoms with Crippen molar-refractivity contribution in [3.8, 4) is 0 Å². The summed E-state index contributed by atoms with van der Waals surface area (Å²) < 4.78 is 41.0. The van der Waals surface area contributed by atoms with Crippen LogP contribution in [-0.2, 0) is 15.8 Å². The number of nitrogens with zero attached hydrogens (tertiary/aromatic N) is 6. The number of aromatic amines is 1. The summed E-state index contributed by atoms with van der Waals surface area (Å²) in [5.41, 5.74) is 9.07. The topological polar surface area (TPSA) is 161 Å². The van der Waals surface area contributed by atoms with Crippen LogP contribution in [0.15, 0.2) is 104 Å². The van der Waals surface area contributed by atoms with Crippen molar-refractivity contribution in [3.63, 3.8) is 0 Å². The van der Waals surface area contributed by atoms with Gasteiger partial charge in [-0.2, -0.15) is 13.2 Å². The molecule has 5 heterocycles. The maximum Gasteiger partial charge on any atom is 0.417 e. The van der Waals surface area contributed by atoms with Gasteiger partial charge in [-0.3, -0.25) is 24.1 Å². The minimum Gasteiger partial charge on any atom is -0.356 e. The van der Waals surface area contributed by atoms with Crippen molar-refractivity contribution in [1.82, 2.24) is 35.0 Å². The summed E-state index contributed by atoms with van der Waals surface area (Å²) in [7, 11) is 0. The number of carbonyl (C=O) groups is 4. The first-order valence-corrected chi connectivity index (χ1v) is 26.5. The smallest absolute Gasteiger partial charge is 0.356 e. The number of piperazine rings is 1. The van der Waals surface area contributed by atoms with E-state index in [0.29, 0.717) is 107 Å². The fourth-order valence-electron chi connectivity index (χ4n) is 11.1. The van der Waals surface area contributed by atoms with Crippen LogP contribution in [0.5, 0.6) is 0 Å². The second-order valence-electron chi connectivity index (χ2n) is 20.3. The second kappa shape index (κ2) is 23.5. The Labute approximate surface area is 435 Å². The molecule has 0 aliphatic carbocycles. The van der Waals surface area contributed by atoms with Crippen LogP contribution < -0.4 is 16.0 Å². The first-order valence-electron chi connectivity index (χ1n) is 26.1. The van der Waals surface area contributed by atoms with Gasteiger partial charge in [0.1, 0.15) is 17.8 Å². The van der Waals surface area contributed by atoms with Gasteiger partial charge in [0.05, 0.1) is 16.5 Å². The molecular formula is C57H65ClF3N9O4. The number of piperidine rings is 2. The molecule has 2 aromatic heterocycles. The van der Waals surface area contributed by atoms with E-state index in [2.05, 4.69) is 42.2 Å². The Morgan fingerprint density at radius 1 is 0.757 bits per heavy atom. The lowest BCUT2D eigenvalue weighted by Gasteiger charge is -2.39. The number of hydrogen-bond donors (Lipinski definition) is 3. The fourth-order valence-corrected chi connectivity index (χ4v) is 11.2. The fraction of sp³-hybridized carbons (Fsp3) is 0.439. The zero-order chi connectivity index (χ0) is 51.8. The number of likely N-dealkylation sites (tertiary alicyclic amines) is 1. The number of alkyl halides is 3. The van der Waals surface area contributed by atoms with E-state index < -0.39 is 17.3 Å². The number of fused-ring (bicyclic) bond motifs is 2. The predicted octanol–water partition coefficient (Wildman–Crippen LogP) is 9.76. The maximum absolute atomic E-state index is 13.8. The van der Waals surface area contributed by atoms with Crippen molar-refractivity contribution in [3.05, 3.63) is 136 Å². The van der Waals surface area contributed by atoms with Crippen molar-refractivity contribution in [2.75, 3.05) is 70.3 Å². The average Bonchev–Trinajstić information content (AvgIpc) is 3.91. The minimum atomic E-state index is -4.52. The highest BCUT2D eigenvalue weighted by Gasteiger charge is 2.38. The van der Waals surface area contributed by atoms with Crippen LogP contribution in [-0.4, -0.2) is 124 Å². The Morgan fingerprint density at radius 3 is 2.20 bits per heavy atom. The summed E-state index contributed by atoms with van der Waals surface area (Å²) in [6.07, 6.45) is 6.20. The molecule has 6 aromatic rings. The van der Waals surface area contributed by atoms with Crippen molar-refractivity contribution < 1.29 is 32.3 Å². The van der Waals surface area contributed by atoms with Crippen molar-refractivity contribution >= 4 is 62.7 Å². The van der Waals surface area contributed by atoms with Gasteiger partial charge >= 0.3 is 6.18 Å². The Balaban J connectivity index is 0.651. The first kappa shape index (κ1) is 52.5. The van der Waals surface area contributed by atoms with Gasteiger partial charge in [-0.1, -0.05) is 66.6 Å².